The van der Waals surface area contributed by atoms with Crippen molar-refractivity contribution in [2.24, 2.45) is 0 Å². The van der Waals surface area contributed by atoms with Crippen LogP contribution in [0.3, 0.4) is 0 Å². The smallest absolute Gasteiger partial charge is 0.178 e. The Morgan fingerprint density at radius 2 is 1.81 bits per heavy atom. The van der Waals surface area contributed by atoms with Crippen molar-refractivity contribution in [3.63, 3.8) is 0 Å². The number of hydrogen-bond acceptors (Lipinski definition) is 6. The van der Waals surface area contributed by atoms with Crippen LogP contribution in [0.2, 0.25) is 0 Å². The van der Waals surface area contributed by atoms with Crippen LogP contribution in [0.5, 0.6) is 11.5 Å². The zero-order valence-electron chi connectivity index (χ0n) is 12.9. The Morgan fingerprint density at radius 1 is 1.14 bits per heavy atom. The third kappa shape index (κ3) is 4.17. The van der Waals surface area contributed by atoms with Gasteiger partial charge in [0.1, 0.15) is 0 Å². The van der Waals surface area contributed by atoms with Crippen LogP contribution in [-0.2, 0) is 0 Å². The van der Waals surface area contributed by atoms with Crippen molar-refractivity contribution in [2.75, 3.05) is 54.0 Å². The lowest BCUT2D eigenvalue weighted by molar-refractivity contribution is 0.0838. The number of ketones is 1. The van der Waals surface area contributed by atoms with Crippen LogP contribution >= 0.6 is 0 Å². The molecule has 1 N–H and O–H groups in total. The molecular weight excluding hydrogens is 270 g/mol. The summed E-state index contributed by atoms with van der Waals surface area (Å²) in [5.74, 6) is 1.24. The van der Waals surface area contributed by atoms with E-state index >= 15 is 0 Å². The molecule has 116 valence electrons. The minimum atomic E-state index is 0.0369. The SMILES string of the molecule is COc1ccc(C(=O)CNN2CCN(C)CC2)cc1OC. The first-order chi connectivity index (χ1) is 10.1. The van der Waals surface area contributed by atoms with Gasteiger partial charge in [-0.25, -0.2) is 10.4 Å². The molecule has 6 heteroatoms. The first-order valence-corrected chi connectivity index (χ1v) is 7.06. The Balaban J connectivity index is 1.91. The number of hydrazine groups is 1. The Hall–Kier alpha value is -1.63. The maximum Gasteiger partial charge on any atom is 0.178 e. The second-order valence-electron chi connectivity index (χ2n) is 5.12. The summed E-state index contributed by atoms with van der Waals surface area (Å²) >= 11 is 0. The fourth-order valence-electron chi connectivity index (χ4n) is 2.26. The van der Waals surface area contributed by atoms with E-state index in [-0.39, 0.29) is 5.78 Å². The number of carbonyl (C=O) groups excluding carboxylic acids is 1. The second-order valence-corrected chi connectivity index (χ2v) is 5.12. The average molecular weight is 293 g/mol. The zero-order valence-corrected chi connectivity index (χ0v) is 12.9. The maximum atomic E-state index is 12.2. The van der Waals surface area contributed by atoms with Crippen molar-refractivity contribution < 1.29 is 14.3 Å². The molecule has 0 atom stereocenters. The fourth-order valence-corrected chi connectivity index (χ4v) is 2.26. The average Bonchev–Trinajstić information content (AvgIpc) is 2.53. The first kappa shape index (κ1) is 15.8. The van der Waals surface area contributed by atoms with Gasteiger partial charge in [0, 0.05) is 31.7 Å². The number of rotatable bonds is 6. The van der Waals surface area contributed by atoms with E-state index in [2.05, 4.69) is 22.4 Å². The van der Waals surface area contributed by atoms with E-state index in [1.807, 2.05) is 0 Å². The molecule has 1 saturated heterocycles. The number of nitrogens with one attached hydrogen (secondary N) is 1. The highest BCUT2D eigenvalue weighted by Gasteiger charge is 2.15. The Labute approximate surface area is 125 Å². The minimum absolute atomic E-state index is 0.0369. The normalized spacial score (nSPS) is 16.7. The molecule has 1 aromatic carbocycles. The monoisotopic (exact) mass is 293 g/mol. The molecule has 0 radical (unpaired) electrons. The molecule has 1 aliphatic rings. The molecular formula is C15H23N3O3. The van der Waals surface area contributed by atoms with Crippen molar-refractivity contribution in [3.8, 4) is 11.5 Å². The molecule has 0 aromatic heterocycles. The molecule has 1 heterocycles. The van der Waals surface area contributed by atoms with Gasteiger partial charge in [-0.05, 0) is 25.2 Å². The minimum Gasteiger partial charge on any atom is -0.493 e. The largest absolute Gasteiger partial charge is 0.493 e. The topological polar surface area (TPSA) is 54.0 Å². The third-order valence-electron chi connectivity index (χ3n) is 3.67. The number of nitrogens with zero attached hydrogens (tertiary/aromatic N) is 2. The van der Waals surface area contributed by atoms with Gasteiger partial charge in [0.15, 0.2) is 17.3 Å². The summed E-state index contributed by atoms with van der Waals surface area (Å²) in [6, 6.07) is 5.23. The summed E-state index contributed by atoms with van der Waals surface area (Å²) in [6.45, 7) is 4.17. The van der Waals surface area contributed by atoms with Crippen LogP contribution in [0.25, 0.3) is 0 Å². The van der Waals surface area contributed by atoms with Crippen molar-refractivity contribution in [1.29, 1.82) is 0 Å². The summed E-state index contributed by atoms with van der Waals surface area (Å²) < 4.78 is 10.4. The number of hydrogen-bond donors (Lipinski definition) is 1. The lowest BCUT2D eigenvalue weighted by atomic mass is 10.1. The predicted molar refractivity (Wildman–Crippen MR) is 80.9 cm³/mol. The van der Waals surface area contributed by atoms with Gasteiger partial charge in [-0.1, -0.05) is 0 Å². The summed E-state index contributed by atoms with van der Waals surface area (Å²) in [5.41, 5.74) is 3.81. The van der Waals surface area contributed by atoms with Crippen molar-refractivity contribution in [2.45, 2.75) is 0 Å². The molecule has 0 unspecified atom stereocenters. The molecule has 1 aliphatic heterocycles. The lowest BCUT2D eigenvalue weighted by Crippen LogP contribution is -2.51. The molecule has 1 fully saturated rings. The van der Waals surface area contributed by atoms with E-state index in [0.717, 1.165) is 26.2 Å². The van der Waals surface area contributed by atoms with E-state index in [9.17, 15) is 4.79 Å². The summed E-state index contributed by atoms with van der Waals surface area (Å²) in [4.78, 5) is 14.5. The quantitative estimate of drug-likeness (QED) is 0.777. The van der Waals surface area contributed by atoms with Gasteiger partial charge in [0.25, 0.3) is 0 Å². The number of piperazine rings is 1. The van der Waals surface area contributed by atoms with E-state index in [1.165, 1.54) is 0 Å². The number of benzene rings is 1. The number of ether oxygens (including phenoxy) is 2. The summed E-state index contributed by atoms with van der Waals surface area (Å²) in [6.07, 6.45) is 0. The lowest BCUT2D eigenvalue weighted by Gasteiger charge is -2.32. The van der Waals surface area contributed by atoms with Crippen LogP contribution in [0.15, 0.2) is 18.2 Å². The molecule has 6 nitrogen and oxygen atoms in total. The van der Waals surface area contributed by atoms with E-state index in [1.54, 1.807) is 32.4 Å². The number of carbonyl (C=O) groups is 1. The van der Waals surface area contributed by atoms with Crippen LogP contribution in [0.4, 0.5) is 0 Å². The molecule has 21 heavy (non-hydrogen) atoms. The Morgan fingerprint density at radius 3 is 2.43 bits per heavy atom. The number of likely N-dealkylation sites (N-methyl/N-ethyl adjacent to an activating group) is 1. The van der Waals surface area contributed by atoms with Gasteiger partial charge in [0.05, 0.1) is 20.8 Å². The van der Waals surface area contributed by atoms with Crippen molar-refractivity contribution in [1.82, 2.24) is 15.3 Å². The van der Waals surface area contributed by atoms with Gasteiger partial charge < -0.3 is 14.4 Å². The van der Waals surface area contributed by atoms with Gasteiger partial charge >= 0.3 is 0 Å². The van der Waals surface area contributed by atoms with Crippen LogP contribution in [0, 0.1) is 0 Å². The van der Waals surface area contributed by atoms with Gasteiger partial charge in [-0.15, -0.1) is 0 Å². The third-order valence-corrected chi connectivity index (χ3v) is 3.67. The van der Waals surface area contributed by atoms with Crippen LogP contribution < -0.4 is 14.9 Å². The Kier molecular flexibility index (Phi) is 5.55. The van der Waals surface area contributed by atoms with E-state index < -0.39 is 0 Å². The van der Waals surface area contributed by atoms with Crippen molar-refractivity contribution >= 4 is 5.78 Å². The molecule has 0 amide bonds. The standard InChI is InChI=1S/C15H23N3O3/c1-17-6-8-18(9-7-17)16-11-13(19)12-4-5-14(20-2)15(10-12)21-3/h4-5,10,16H,6-9,11H2,1-3H3. The molecule has 1 aromatic rings. The zero-order chi connectivity index (χ0) is 15.2. The molecule has 0 bridgehead atoms. The maximum absolute atomic E-state index is 12.2. The highest BCUT2D eigenvalue weighted by molar-refractivity contribution is 5.98. The first-order valence-electron chi connectivity index (χ1n) is 7.06. The summed E-state index contributed by atoms with van der Waals surface area (Å²) in [7, 11) is 5.25. The van der Waals surface area contributed by atoms with Gasteiger partial charge in [-0.3, -0.25) is 4.79 Å². The number of Topliss-reactive ketones (excluding diaryl/α,β-unsaturated/α-hetero) is 1. The highest BCUT2D eigenvalue weighted by atomic mass is 16.5. The molecule has 2 rings (SSSR count). The Bertz CT molecular complexity index is 485. The highest BCUT2D eigenvalue weighted by Crippen LogP contribution is 2.27. The molecule has 0 saturated carbocycles. The molecule has 0 spiro atoms. The van der Waals surface area contributed by atoms with Gasteiger partial charge in [-0.2, -0.15) is 0 Å². The van der Waals surface area contributed by atoms with Crippen LogP contribution in [-0.4, -0.2) is 69.7 Å². The van der Waals surface area contributed by atoms with Crippen LogP contribution in [0.1, 0.15) is 10.4 Å². The van der Waals surface area contributed by atoms with Gasteiger partial charge in [0.2, 0.25) is 0 Å². The fraction of sp³-hybridized carbons (Fsp3) is 0.533. The summed E-state index contributed by atoms with van der Waals surface area (Å²) in [5, 5.41) is 2.10. The number of methoxy groups -OCH3 is 2. The van der Waals surface area contributed by atoms with Crippen molar-refractivity contribution in [3.05, 3.63) is 23.8 Å². The molecule has 0 aliphatic carbocycles. The predicted octanol–water partition coefficient (Wildman–Crippen LogP) is 0.639. The second kappa shape index (κ2) is 7.40. The van der Waals surface area contributed by atoms with E-state index in [0.29, 0.717) is 23.6 Å². The van der Waals surface area contributed by atoms with E-state index in [4.69, 9.17) is 9.47 Å².